The molecule has 29 heavy (non-hydrogen) atoms. The summed E-state index contributed by atoms with van der Waals surface area (Å²) in [6.07, 6.45) is 1.57. The van der Waals surface area contributed by atoms with Crippen LogP contribution in [0.5, 0.6) is 0 Å². The van der Waals surface area contributed by atoms with E-state index in [1.54, 1.807) is 0 Å². The molecule has 0 aromatic heterocycles. The Morgan fingerprint density at radius 1 is 0.759 bits per heavy atom. The minimum atomic E-state index is 0.111. The third kappa shape index (κ3) is 3.47. The van der Waals surface area contributed by atoms with Crippen molar-refractivity contribution in [2.45, 2.75) is 37.5 Å². The van der Waals surface area contributed by atoms with Crippen molar-refractivity contribution in [1.82, 2.24) is 9.80 Å². The molecule has 0 unspecified atom stereocenters. The van der Waals surface area contributed by atoms with Crippen LogP contribution in [0.4, 0.5) is 0 Å². The van der Waals surface area contributed by atoms with Crippen molar-refractivity contribution in [2.75, 3.05) is 6.54 Å². The zero-order valence-corrected chi connectivity index (χ0v) is 16.5. The molecule has 3 aromatic rings. The summed E-state index contributed by atoms with van der Waals surface area (Å²) in [5, 5.41) is 0. The van der Waals surface area contributed by atoms with Gasteiger partial charge in [-0.15, -0.1) is 0 Å². The molecule has 0 N–H and O–H groups in total. The highest BCUT2D eigenvalue weighted by molar-refractivity contribution is 5.80. The van der Waals surface area contributed by atoms with Crippen LogP contribution in [-0.2, 0) is 11.3 Å². The zero-order chi connectivity index (χ0) is 19.6. The molecule has 0 radical (unpaired) electrons. The van der Waals surface area contributed by atoms with E-state index in [0.29, 0.717) is 12.3 Å². The van der Waals surface area contributed by atoms with Crippen LogP contribution in [0.15, 0.2) is 91.0 Å². The van der Waals surface area contributed by atoms with Crippen molar-refractivity contribution in [3.05, 3.63) is 108 Å². The second-order valence-electron chi connectivity index (χ2n) is 8.10. The molecule has 3 aromatic carbocycles. The van der Waals surface area contributed by atoms with E-state index in [1.807, 2.05) is 6.07 Å². The molecule has 2 heterocycles. The van der Waals surface area contributed by atoms with Gasteiger partial charge in [-0.3, -0.25) is 9.69 Å². The van der Waals surface area contributed by atoms with Gasteiger partial charge in [0.15, 0.2) is 0 Å². The van der Waals surface area contributed by atoms with Gasteiger partial charge < -0.3 is 4.90 Å². The monoisotopic (exact) mass is 382 g/mol. The maximum absolute atomic E-state index is 12.9. The summed E-state index contributed by atoms with van der Waals surface area (Å²) in [5.41, 5.74) is 3.86. The third-order valence-electron chi connectivity index (χ3n) is 6.35. The fraction of sp³-hybridized carbons (Fsp3) is 0.269. The molecule has 0 bridgehead atoms. The van der Waals surface area contributed by atoms with Gasteiger partial charge in [0.2, 0.25) is 5.91 Å². The molecule has 146 valence electrons. The third-order valence-corrected chi connectivity index (χ3v) is 6.35. The Hall–Kier alpha value is -2.91. The van der Waals surface area contributed by atoms with Gasteiger partial charge >= 0.3 is 0 Å². The Labute approximate surface area is 172 Å². The van der Waals surface area contributed by atoms with Gasteiger partial charge in [-0.2, -0.15) is 0 Å². The maximum atomic E-state index is 12.9. The standard InChI is InChI=1S/C26H26N2O/c29-25-17-16-23-26(22-14-8-3-9-15-22)27(18-20-10-4-1-5-11-20)19-24(28(23)25)21-12-6-2-7-13-21/h1-15,23-24,26H,16-19H2/t23-,24+,26+/m1/s1. The van der Waals surface area contributed by atoms with Crippen LogP contribution in [-0.4, -0.2) is 28.3 Å². The van der Waals surface area contributed by atoms with E-state index in [9.17, 15) is 4.79 Å². The summed E-state index contributed by atoms with van der Waals surface area (Å²) >= 11 is 0. The van der Waals surface area contributed by atoms with Crippen molar-refractivity contribution in [3.63, 3.8) is 0 Å². The van der Waals surface area contributed by atoms with Crippen LogP contribution < -0.4 is 0 Å². The summed E-state index contributed by atoms with van der Waals surface area (Å²) in [5.74, 6) is 0.296. The smallest absolute Gasteiger partial charge is 0.223 e. The van der Waals surface area contributed by atoms with Crippen LogP contribution in [0.3, 0.4) is 0 Å². The molecule has 5 rings (SSSR count). The summed E-state index contributed by atoms with van der Waals surface area (Å²) in [7, 11) is 0. The fourth-order valence-electron chi connectivity index (χ4n) is 5.11. The minimum absolute atomic E-state index is 0.111. The van der Waals surface area contributed by atoms with Crippen LogP contribution in [0, 0.1) is 0 Å². The predicted octanol–water partition coefficient (Wildman–Crippen LogP) is 4.98. The number of benzene rings is 3. The molecule has 2 aliphatic heterocycles. The van der Waals surface area contributed by atoms with Crippen molar-refractivity contribution >= 4 is 5.91 Å². The van der Waals surface area contributed by atoms with Crippen molar-refractivity contribution in [3.8, 4) is 0 Å². The van der Waals surface area contributed by atoms with Gasteiger partial charge in [-0.1, -0.05) is 91.0 Å². The van der Waals surface area contributed by atoms with Gasteiger partial charge in [0.25, 0.3) is 0 Å². The quantitative estimate of drug-likeness (QED) is 0.636. The SMILES string of the molecule is O=C1CC[C@@H]2[C@H](c3ccccc3)N(Cc3ccccc3)C[C@@H](c3ccccc3)N12. The highest BCUT2D eigenvalue weighted by Crippen LogP contribution is 2.45. The highest BCUT2D eigenvalue weighted by Gasteiger charge is 2.48. The molecule has 0 aliphatic carbocycles. The van der Waals surface area contributed by atoms with E-state index in [-0.39, 0.29) is 18.1 Å². The van der Waals surface area contributed by atoms with E-state index < -0.39 is 0 Å². The lowest BCUT2D eigenvalue weighted by Gasteiger charge is -2.49. The lowest BCUT2D eigenvalue weighted by molar-refractivity contribution is -0.137. The molecule has 3 atom stereocenters. The molecular formula is C26H26N2O. The topological polar surface area (TPSA) is 23.6 Å². The van der Waals surface area contributed by atoms with Crippen molar-refractivity contribution in [1.29, 1.82) is 0 Å². The Bertz CT molecular complexity index is 958. The highest BCUT2D eigenvalue weighted by atomic mass is 16.2. The summed E-state index contributed by atoms with van der Waals surface area (Å²) < 4.78 is 0. The van der Waals surface area contributed by atoms with Crippen molar-refractivity contribution in [2.24, 2.45) is 0 Å². The average Bonchev–Trinajstić information content (AvgIpc) is 3.16. The second-order valence-corrected chi connectivity index (χ2v) is 8.10. The lowest BCUT2D eigenvalue weighted by atomic mass is 9.89. The molecule has 2 fully saturated rings. The van der Waals surface area contributed by atoms with E-state index in [0.717, 1.165) is 19.5 Å². The number of nitrogens with zero attached hydrogens (tertiary/aromatic N) is 2. The van der Waals surface area contributed by atoms with E-state index in [4.69, 9.17) is 0 Å². The molecule has 3 nitrogen and oxygen atoms in total. The van der Waals surface area contributed by atoms with E-state index in [1.165, 1.54) is 16.7 Å². The van der Waals surface area contributed by atoms with Crippen molar-refractivity contribution < 1.29 is 4.79 Å². The number of carbonyl (C=O) groups is 1. The molecule has 2 saturated heterocycles. The first-order chi connectivity index (χ1) is 14.3. The Morgan fingerprint density at radius 3 is 2.00 bits per heavy atom. The largest absolute Gasteiger partial charge is 0.329 e. The summed E-state index contributed by atoms with van der Waals surface area (Å²) in [6, 6.07) is 32.5. The fourth-order valence-corrected chi connectivity index (χ4v) is 5.11. The normalized spacial score (nSPS) is 24.5. The molecule has 3 heteroatoms. The molecule has 2 aliphatic rings. The summed E-state index contributed by atoms with van der Waals surface area (Å²) in [6.45, 7) is 1.74. The van der Waals surface area contributed by atoms with E-state index in [2.05, 4.69) is 94.7 Å². The van der Waals surface area contributed by atoms with Gasteiger partial charge in [-0.25, -0.2) is 0 Å². The number of hydrogen-bond acceptors (Lipinski definition) is 2. The Morgan fingerprint density at radius 2 is 1.34 bits per heavy atom. The Kier molecular flexibility index (Phi) is 4.91. The lowest BCUT2D eigenvalue weighted by Crippen LogP contribution is -2.54. The number of piperazine rings is 1. The van der Waals surface area contributed by atoms with Gasteiger partial charge in [-0.05, 0) is 23.1 Å². The zero-order valence-electron chi connectivity index (χ0n) is 16.5. The number of rotatable bonds is 4. The van der Waals surface area contributed by atoms with Gasteiger partial charge in [0.1, 0.15) is 0 Å². The van der Waals surface area contributed by atoms with Crippen LogP contribution in [0.25, 0.3) is 0 Å². The molecule has 1 amide bonds. The van der Waals surface area contributed by atoms with Gasteiger partial charge in [0.05, 0.1) is 18.1 Å². The van der Waals surface area contributed by atoms with Gasteiger partial charge in [0, 0.05) is 19.5 Å². The van der Waals surface area contributed by atoms with E-state index >= 15 is 0 Å². The minimum Gasteiger partial charge on any atom is -0.329 e. The molecular weight excluding hydrogens is 356 g/mol. The second kappa shape index (κ2) is 7.84. The summed E-state index contributed by atoms with van der Waals surface area (Å²) in [4.78, 5) is 17.7. The average molecular weight is 383 g/mol. The first-order valence-electron chi connectivity index (χ1n) is 10.5. The maximum Gasteiger partial charge on any atom is 0.223 e. The van der Waals surface area contributed by atoms with Crippen LogP contribution in [0.2, 0.25) is 0 Å². The first kappa shape index (κ1) is 18.1. The first-order valence-corrected chi connectivity index (χ1v) is 10.5. The molecule has 0 saturated carbocycles. The predicted molar refractivity (Wildman–Crippen MR) is 115 cm³/mol. The number of fused-ring (bicyclic) bond motifs is 1. The molecule has 0 spiro atoms. The van der Waals surface area contributed by atoms with Crippen LogP contribution in [0.1, 0.15) is 41.6 Å². The Balaban J connectivity index is 1.56. The number of hydrogen-bond donors (Lipinski definition) is 0. The number of amides is 1. The number of carbonyl (C=O) groups excluding carboxylic acids is 1. The van der Waals surface area contributed by atoms with Crippen LogP contribution >= 0.6 is 0 Å².